The first kappa shape index (κ1) is 7.39. The van der Waals surface area contributed by atoms with Crippen LogP contribution in [0.15, 0.2) is 0 Å². The van der Waals surface area contributed by atoms with Crippen molar-refractivity contribution in [3.8, 4) is 0 Å². The van der Waals surface area contributed by atoms with Gasteiger partial charge in [-0.05, 0) is 6.42 Å². The summed E-state index contributed by atoms with van der Waals surface area (Å²) in [5, 5.41) is 9.25. The third kappa shape index (κ3) is 1.18. The van der Waals surface area contributed by atoms with Crippen LogP contribution in [0.5, 0.6) is 0 Å². The topological polar surface area (TPSA) is 75.5 Å². The maximum atomic E-state index is 10.2. The Kier molecular flexibility index (Phi) is 2.44. The summed E-state index contributed by atoms with van der Waals surface area (Å²) in [6, 6.07) is 0. The largest absolute Gasteiger partial charge is 0.344 e. The zero-order chi connectivity index (χ0) is 5.28. The average Bonchev–Trinajstić information content (AvgIpc) is 1.91. The van der Waals surface area contributed by atoms with Crippen LogP contribution in [0.3, 0.4) is 0 Å². The van der Waals surface area contributed by atoms with Crippen molar-refractivity contribution in [3.63, 3.8) is 0 Å². The fraction of sp³-hybridized carbons (Fsp3) is 0.750. The van der Waals surface area contributed by atoms with Crippen LogP contribution in [-0.4, -0.2) is 22.7 Å². The second-order valence-electron chi connectivity index (χ2n) is 1.62. The van der Waals surface area contributed by atoms with E-state index in [0.717, 1.165) is 11.5 Å². The van der Waals surface area contributed by atoms with Gasteiger partial charge in [-0.25, -0.2) is 5.06 Å². The fourth-order valence-electron chi connectivity index (χ4n) is 0.634. The van der Waals surface area contributed by atoms with Crippen LogP contribution in [0.1, 0.15) is 12.8 Å². The lowest BCUT2D eigenvalue weighted by molar-refractivity contribution is -0.157. The van der Waals surface area contributed by atoms with Crippen LogP contribution in [0.2, 0.25) is 0 Å². The smallest absolute Gasteiger partial charge is 0.245 e. The lowest BCUT2D eigenvalue weighted by atomic mass is 10.4. The zero-order valence-corrected chi connectivity index (χ0v) is 4.63. The molecule has 4 heteroatoms. The van der Waals surface area contributed by atoms with Crippen molar-refractivity contribution in [3.05, 3.63) is 0 Å². The van der Waals surface area contributed by atoms with E-state index in [4.69, 9.17) is 5.21 Å². The predicted octanol–water partition coefficient (Wildman–Crippen LogP) is 0.160. The highest BCUT2D eigenvalue weighted by Gasteiger charge is 2.16. The fourth-order valence-corrected chi connectivity index (χ4v) is 0.634. The minimum Gasteiger partial charge on any atom is -0.344 e. The minimum absolute atomic E-state index is 0. The molecular weight excluding hydrogens is 108 g/mol. The molecule has 1 amide bonds. The first-order chi connectivity index (χ1) is 3.30. The van der Waals surface area contributed by atoms with Gasteiger partial charge in [0.15, 0.2) is 0 Å². The molecule has 0 aromatic rings. The molecule has 0 unspecified atom stereocenters. The quantitative estimate of drug-likeness (QED) is 0.445. The number of rotatable bonds is 0. The maximum absolute atomic E-state index is 10.2. The molecule has 1 saturated heterocycles. The van der Waals surface area contributed by atoms with E-state index in [1.54, 1.807) is 0 Å². The number of amides is 1. The van der Waals surface area contributed by atoms with E-state index in [0.29, 0.717) is 13.0 Å². The maximum Gasteiger partial charge on any atom is 0.245 e. The summed E-state index contributed by atoms with van der Waals surface area (Å²) >= 11 is 0. The number of hydrogen-bond acceptors (Lipinski definition) is 3. The Bertz CT molecular complexity index is 94.0. The van der Waals surface area contributed by atoms with Gasteiger partial charge in [-0.3, -0.25) is 10.0 Å². The summed E-state index contributed by atoms with van der Waals surface area (Å²) < 4.78 is 0. The van der Waals surface area contributed by atoms with Crippen molar-refractivity contribution in [2.45, 2.75) is 12.8 Å². The van der Waals surface area contributed by atoms with E-state index < -0.39 is 0 Å². The molecule has 1 heterocycles. The molecule has 48 valence electrons. The standard InChI is InChI=1S/C4H7NO2.H3N/c6-4-2-1-3-5(4)7;/h7H,1-3H2;1H3. The van der Waals surface area contributed by atoms with E-state index in [-0.39, 0.29) is 12.1 Å². The normalized spacial score (nSPS) is 18.6. The van der Waals surface area contributed by atoms with E-state index in [1.165, 1.54) is 0 Å². The third-order valence-corrected chi connectivity index (χ3v) is 1.05. The molecule has 4 nitrogen and oxygen atoms in total. The highest BCUT2D eigenvalue weighted by Crippen LogP contribution is 2.04. The molecule has 0 bridgehead atoms. The van der Waals surface area contributed by atoms with Crippen molar-refractivity contribution in [1.82, 2.24) is 11.2 Å². The number of carbonyl (C=O) groups is 1. The van der Waals surface area contributed by atoms with Crippen LogP contribution in [0.4, 0.5) is 0 Å². The SMILES string of the molecule is N.O=C1CCCN1O. The van der Waals surface area contributed by atoms with Crippen molar-refractivity contribution < 1.29 is 10.0 Å². The molecule has 0 aromatic carbocycles. The molecule has 0 saturated carbocycles. The molecule has 8 heavy (non-hydrogen) atoms. The molecular formula is C4H10N2O2. The highest BCUT2D eigenvalue weighted by atomic mass is 16.5. The molecule has 0 aromatic heterocycles. The monoisotopic (exact) mass is 118 g/mol. The third-order valence-electron chi connectivity index (χ3n) is 1.05. The molecule has 0 spiro atoms. The highest BCUT2D eigenvalue weighted by molar-refractivity contribution is 5.76. The van der Waals surface area contributed by atoms with Gasteiger partial charge in [0.05, 0.1) is 0 Å². The van der Waals surface area contributed by atoms with Gasteiger partial charge in [0.1, 0.15) is 0 Å². The number of carbonyl (C=O) groups excluding carboxylic acids is 1. The summed E-state index contributed by atoms with van der Waals surface area (Å²) in [6.07, 6.45) is 1.31. The van der Waals surface area contributed by atoms with Crippen molar-refractivity contribution in [1.29, 1.82) is 0 Å². The number of hydrogen-bond donors (Lipinski definition) is 2. The summed E-state index contributed by atoms with van der Waals surface area (Å²) in [4.78, 5) is 10.2. The lowest BCUT2D eigenvalue weighted by Crippen LogP contribution is -2.18. The Labute approximate surface area is 47.6 Å². The van der Waals surface area contributed by atoms with Crippen LogP contribution < -0.4 is 6.15 Å². The molecule has 1 rings (SSSR count). The first-order valence-corrected chi connectivity index (χ1v) is 2.30. The summed E-state index contributed by atoms with van der Waals surface area (Å²) in [5.41, 5.74) is 0. The molecule has 0 atom stereocenters. The predicted molar refractivity (Wildman–Crippen MR) is 27.8 cm³/mol. The van der Waals surface area contributed by atoms with Crippen molar-refractivity contribution >= 4 is 5.91 Å². The summed E-state index contributed by atoms with van der Waals surface area (Å²) in [6.45, 7) is 0.513. The second kappa shape index (κ2) is 2.64. The van der Waals surface area contributed by atoms with Crippen LogP contribution in [0, 0.1) is 0 Å². The van der Waals surface area contributed by atoms with Crippen molar-refractivity contribution in [2.75, 3.05) is 6.54 Å². The molecule has 1 aliphatic rings. The molecule has 1 aliphatic heterocycles. The zero-order valence-electron chi connectivity index (χ0n) is 4.63. The Hall–Kier alpha value is -0.610. The van der Waals surface area contributed by atoms with Gasteiger partial charge in [0, 0.05) is 13.0 Å². The van der Waals surface area contributed by atoms with Gasteiger partial charge >= 0.3 is 0 Å². The van der Waals surface area contributed by atoms with Crippen LogP contribution in [0.25, 0.3) is 0 Å². The van der Waals surface area contributed by atoms with Gasteiger partial charge in [-0.15, -0.1) is 0 Å². The molecule has 4 N–H and O–H groups in total. The second-order valence-corrected chi connectivity index (χ2v) is 1.62. The molecule has 1 fully saturated rings. The number of nitrogens with zero attached hydrogens (tertiary/aromatic N) is 1. The van der Waals surface area contributed by atoms with Crippen LogP contribution >= 0.6 is 0 Å². The van der Waals surface area contributed by atoms with Gasteiger partial charge in [-0.1, -0.05) is 0 Å². The van der Waals surface area contributed by atoms with Gasteiger partial charge in [0.25, 0.3) is 0 Å². The van der Waals surface area contributed by atoms with Gasteiger partial charge in [0.2, 0.25) is 5.91 Å². The van der Waals surface area contributed by atoms with Gasteiger partial charge < -0.3 is 6.15 Å². The van der Waals surface area contributed by atoms with E-state index in [9.17, 15) is 4.79 Å². The van der Waals surface area contributed by atoms with Crippen molar-refractivity contribution in [2.24, 2.45) is 0 Å². The Balaban J connectivity index is 0.000000490. The Morgan fingerprint density at radius 3 is 2.38 bits per heavy atom. The lowest BCUT2D eigenvalue weighted by Gasteiger charge is -2.00. The van der Waals surface area contributed by atoms with E-state index in [1.807, 2.05) is 0 Å². The average molecular weight is 118 g/mol. The number of hydroxylamine groups is 2. The van der Waals surface area contributed by atoms with E-state index in [2.05, 4.69) is 0 Å². The minimum atomic E-state index is -0.153. The van der Waals surface area contributed by atoms with Crippen LogP contribution in [-0.2, 0) is 4.79 Å². The Morgan fingerprint density at radius 2 is 2.25 bits per heavy atom. The first-order valence-electron chi connectivity index (χ1n) is 2.30. The van der Waals surface area contributed by atoms with Gasteiger partial charge in [-0.2, -0.15) is 0 Å². The molecule has 0 aliphatic carbocycles. The van der Waals surface area contributed by atoms with E-state index >= 15 is 0 Å². The summed E-state index contributed by atoms with van der Waals surface area (Å²) in [7, 11) is 0. The summed E-state index contributed by atoms with van der Waals surface area (Å²) in [5.74, 6) is -0.153. The Morgan fingerprint density at radius 1 is 1.62 bits per heavy atom. The molecule has 0 radical (unpaired) electrons.